The molecule has 0 bridgehead atoms. The van der Waals surface area contributed by atoms with E-state index in [1.165, 1.54) is 0 Å². The van der Waals surface area contributed by atoms with Gasteiger partial charge in [0, 0.05) is 6.54 Å². The van der Waals surface area contributed by atoms with Crippen molar-refractivity contribution in [2.45, 2.75) is 40.2 Å². The summed E-state index contributed by atoms with van der Waals surface area (Å²) in [7, 11) is 0. The highest BCUT2D eigenvalue weighted by Crippen LogP contribution is 2.30. The van der Waals surface area contributed by atoms with Gasteiger partial charge in [0.1, 0.15) is 0 Å². The minimum atomic E-state index is -1.03. The predicted molar refractivity (Wildman–Crippen MR) is 57.7 cm³/mol. The molecule has 5 nitrogen and oxygen atoms in total. The lowest BCUT2D eigenvalue weighted by Crippen LogP contribution is -2.59. The van der Waals surface area contributed by atoms with Gasteiger partial charge in [0.05, 0.1) is 11.0 Å². The molecule has 0 aromatic heterocycles. The topological polar surface area (TPSA) is 78.4 Å². The summed E-state index contributed by atoms with van der Waals surface area (Å²) in [6.07, 6.45) is 0. The Bertz CT molecular complexity index is 259. The second-order valence-electron chi connectivity index (χ2n) is 4.54. The Morgan fingerprint density at radius 2 is 1.67 bits per heavy atom. The van der Waals surface area contributed by atoms with Crippen LogP contribution in [0.4, 0.5) is 4.79 Å². The number of carbonyl (C=O) groups excluding carboxylic acids is 1. The van der Waals surface area contributed by atoms with Crippen molar-refractivity contribution in [3.05, 3.63) is 0 Å². The van der Waals surface area contributed by atoms with Crippen LogP contribution in [-0.4, -0.2) is 29.2 Å². The third-order valence-electron chi connectivity index (χ3n) is 2.86. The first-order valence-corrected chi connectivity index (χ1v) is 4.94. The Kier molecular flexibility index (Phi) is 4.13. The second kappa shape index (κ2) is 4.51. The number of amides is 2. The average molecular weight is 216 g/mol. The molecule has 0 heterocycles. The number of carboxylic acid groups (broad SMARTS) is 1. The van der Waals surface area contributed by atoms with Crippen molar-refractivity contribution in [1.82, 2.24) is 10.6 Å². The molecule has 0 saturated carbocycles. The number of carbonyl (C=O) groups is 2. The van der Waals surface area contributed by atoms with Crippen LogP contribution >= 0.6 is 0 Å². The zero-order chi connectivity index (χ0) is 12.3. The molecule has 0 spiro atoms. The van der Waals surface area contributed by atoms with Crippen molar-refractivity contribution in [2.75, 3.05) is 6.54 Å². The monoisotopic (exact) mass is 216 g/mol. The molecule has 0 aliphatic heterocycles. The molecule has 0 aromatic carbocycles. The van der Waals surface area contributed by atoms with Crippen LogP contribution in [0.5, 0.6) is 0 Å². The minimum absolute atomic E-state index is 0.350. The van der Waals surface area contributed by atoms with Crippen molar-refractivity contribution >= 4 is 12.0 Å². The quantitative estimate of drug-likeness (QED) is 0.660. The fraction of sp³-hybridized carbons (Fsp3) is 0.800. The summed E-state index contributed by atoms with van der Waals surface area (Å²) in [5, 5.41) is 14.3. The van der Waals surface area contributed by atoms with E-state index in [1.807, 2.05) is 0 Å². The zero-order valence-electron chi connectivity index (χ0n) is 9.97. The number of nitrogens with one attached hydrogen (secondary N) is 2. The number of aliphatic carboxylic acids is 1. The molecular weight excluding hydrogens is 196 g/mol. The molecule has 2 amide bonds. The van der Waals surface area contributed by atoms with Gasteiger partial charge in [-0.05, 0) is 34.6 Å². The summed E-state index contributed by atoms with van der Waals surface area (Å²) in [5.41, 5.74) is -1.85. The molecule has 0 atom stereocenters. The van der Waals surface area contributed by atoms with Crippen molar-refractivity contribution in [3.63, 3.8) is 0 Å². The summed E-state index contributed by atoms with van der Waals surface area (Å²) in [6.45, 7) is 8.86. The predicted octanol–water partition coefficient (Wildman–Crippen LogP) is 1.19. The molecule has 0 aliphatic rings. The number of hydrogen-bond acceptors (Lipinski definition) is 2. The smallest absolute Gasteiger partial charge is 0.315 e. The fourth-order valence-electron chi connectivity index (χ4n) is 0.912. The average Bonchev–Trinajstić information content (AvgIpc) is 2.02. The normalized spacial score (nSPS) is 12.1. The van der Waals surface area contributed by atoms with Crippen molar-refractivity contribution < 1.29 is 14.7 Å². The molecule has 3 N–H and O–H groups in total. The maximum atomic E-state index is 11.3. The Morgan fingerprint density at radius 1 is 1.20 bits per heavy atom. The van der Waals surface area contributed by atoms with Crippen molar-refractivity contribution in [3.8, 4) is 0 Å². The number of rotatable bonds is 4. The first-order chi connectivity index (χ1) is 6.65. The van der Waals surface area contributed by atoms with Crippen LogP contribution in [0, 0.1) is 5.41 Å². The molecule has 0 unspecified atom stereocenters. The number of carboxylic acids is 1. The SMILES string of the molecule is CCNC(=O)NC(C)(C)C(C)(C)C(=O)O. The lowest BCUT2D eigenvalue weighted by Gasteiger charge is -2.38. The Morgan fingerprint density at radius 3 is 2.00 bits per heavy atom. The highest BCUT2D eigenvalue weighted by molar-refractivity contribution is 5.79. The number of urea groups is 1. The van der Waals surface area contributed by atoms with Crippen LogP contribution in [0.15, 0.2) is 0 Å². The Hall–Kier alpha value is -1.26. The first kappa shape index (κ1) is 13.7. The van der Waals surface area contributed by atoms with Crippen LogP contribution in [0.3, 0.4) is 0 Å². The maximum Gasteiger partial charge on any atom is 0.315 e. The van der Waals surface area contributed by atoms with Gasteiger partial charge in [-0.25, -0.2) is 4.79 Å². The molecule has 0 aromatic rings. The molecule has 0 rings (SSSR count). The Labute approximate surface area is 90.2 Å². The molecule has 0 radical (unpaired) electrons. The van der Waals surface area contributed by atoms with Crippen LogP contribution < -0.4 is 10.6 Å². The van der Waals surface area contributed by atoms with Gasteiger partial charge in [0.15, 0.2) is 0 Å². The fourth-order valence-corrected chi connectivity index (χ4v) is 0.912. The summed E-state index contributed by atoms with van der Waals surface area (Å²) < 4.78 is 0. The third-order valence-corrected chi connectivity index (χ3v) is 2.86. The van der Waals surface area contributed by atoms with Crippen molar-refractivity contribution in [2.24, 2.45) is 5.41 Å². The van der Waals surface area contributed by atoms with Crippen LogP contribution in [0.25, 0.3) is 0 Å². The molecule has 0 aliphatic carbocycles. The summed E-state index contributed by atoms with van der Waals surface area (Å²) in [5.74, 6) is -0.940. The molecular formula is C10H20N2O3. The maximum absolute atomic E-state index is 11.3. The highest BCUT2D eigenvalue weighted by Gasteiger charge is 2.44. The summed E-state index contributed by atoms with van der Waals surface area (Å²) in [6, 6.07) is -0.350. The Balaban J connectivity index is 4.68. The van der Waals surface area contributed by atoms with E-state index in [1.54, 1.807) is 34.6 Å². The standard InChI is InChI=1S/C10H20N2O3/c1-6-11-8(15)12-10(4,5)9(2,3)7(13)14/h6H2,1-5H3,(H,13,14)(H2,11,12,15). The van der Waals surface area contributed by atoms with Gasteiger partial charge in [-0.2, -0.15) is 0 Å². The van der Waals surface area contributed by atoms with Crippen molar-refractivity contribution in [1.29, 1.82) is 0 Å². The zero-order valence-corrected chi connectivity index (χ0v) is 9.97. The lowest BCUT2D eigenvalue weighted by molar-refractivity contribution is -0.150. The van der Waals surface area contributed by atoms with E-state index in [0.717, 1.165) is 0 Å². The number of hydrogen-bond donors (Lipinski definition) is 3. The summed E-state index contributed by atoms with van der Waals surface area (Å²) >= 11 is 0. The molecule has 0 saturated heterocycles. The largest absolute Gasteiger partial charge is 0.481 e. The summed E-state index contributed by atoms with van der Waals surface area (Å²) in [4.78, 5) is 22.3. The molecule has 15 heavy (non-hydrogen) atoms. The van der Waals surface area contributed by atoms with Crippen LogP contribution in [-0.2, 0) is 4.79 Å². The first-order valence-electron chi connectivity index (χ1n) is 4.94. The lowest BCUT2D eigenvalue weighted by atomic mass is 9.74. The van der Waals surface area contributed by atoms with Gasteiger partial charge in [0.2, 0.25) is 0 Å². The highest BCUT2D eigenvalue weighted by atomic mass is 16.4. The van der Waals surface area contributed by atoms with Gasteiger partial charge in [0.25, 0.3) is 0 Å². The molecule has 88 valence electrons. The second-order valence-corrected chi connectivity index (χ2v) is 4.54. The van der Waals surface area contributed by atoms with Gasteiger partial charge < -0.3 is 15.7 Å². The van der Waals surface area contributed by atoms with Gasteiger partial charge >= 0.3 is 12.0 Å². The minimum Gasteiger partial charge on any atom is -0.481 e. The van der Waals surface area contributed by atoms with Gasteiger partial charge in [-0.15, -0.1) is 0 Å². The third kappa shape index (κ3) is 3.11. The van der Waals surface area contributed by atoms with Crippen LogP contribution in [0.2, 0.25) is 0 Å². The van der Waals surface area contributed by atoms with Gasteiger partial charge in [-0.3, -0.25) is 4.79 Å². The van der Waals surface area contributed by atoms with E-state index >= 15 is 0 Å². The van der Waals surface area contributed by atoms with E-state index in [9.17, 15) is 9.59 Å². The van der Waals surface area contributed by atoms with E-state index in [-0.39, 0.29) is 6.03 Å². The van der Waals surface area contributed by atoms with Crippen LogP contribution in [0.1, 0.15) is 34.6 Å². The van der Waals surface area contributed by atoms with Gasteiger partial charge in [-0.1, -0.05) is 0 Å². The van der Waals surface area contributed by atoms with E-state index in [2.05, 4.69) is 10.6 Å². The van der Waals surface area contributed by atoms with E-state index in [4.69, 9.17) is 5.11 Å². The van der Waals surface area contributed by atoms with E-state index < -0.39 is 16.9 Å². The van der Waals surface area contributed by atoms with E-state index in [0.29, 0.717) is 6.54 Å². The molecule has 5 heteroatoms. The molecule has 0 fully saturated rings.